The zero-order valence-corrected chi connectivity index (χ0v) is 20.5. The van der Waals surface area contributed by atoms with Crippen molar-refractivity contribution >= 4 is 75.4 Å². The molecule has 0 bridgehead atoms. The van der Waals surface area contributed by atoms with Crippen molar-refractivity contribution in [2.45, 2.75) is 11.4 Å². The molecule has 4 heterocycles. The van der Waals surface area contributed by atoms with Gasteiger partial charge in [0, 0.05) is 27.9 Å². The van der Waals surface area contributed by atoms with Gasteiger partial charge in [0.05, 0.1) is 0 Å². The molecule has 2 atom stereocenters. The fourth-order valence-corrected chi connectivity index (χ4v) is 6.32. The van der Waals surface area contributed by atoms with Gasteiger partial charge in [0.15, 0.2) is 10.8 Å². The van der Waals surface area contributed by atoms with E-state index in [1.54, 1.807) is 0 Å². The Balaban J connectivity index is 1.48. The molecule has 1 fully saturated rings. The molecule has 3 aliphatic heterocycles. The summed E-state index contributed by atoms with van der Waals surface area (Å²) in [4.78, 5) is 70.1. The number of nitrogens with two attached hydrogens (primary N) is 1. The molecule has 0 aromatic carbocycles. The van der Waals surface area contributed by atoms with E-state index in [1.165, 1.54) is 35.0 Å². The summed E-state index contributed by atoms with van der Waals surface area (Å²) >= 11 is 3.54. The Labute approximate surface area is 214 Å². The zero-order chi connectivity index (χ0) is 26.0. The highest BCUT2D eigenvalue weighted by Gasteiger charge is 2.54. The zero-order valence-electron chi connectivity index (χ0n) is 18.0. The number of esters is 1. The number of nitrogen functional groups attached to an aromatic ring is 1. The second-order valence-electron chi connectivity index (χ2n) is 7.30. The minimum Gasteiger partial charge on any atom is -0.479 e. The van der Waals surface area contributed by atoms with E-state index in [0.29, 0.717) is 10.5 Å². The molecule has 1 saturated heterocycles. The lowest BCUT2D eigenvalue weighted by Gasteiger charge is -2.49. The van der Waals surface area contributed by atoms with Crippen molar-refractivity contribution in [1.82, 2.24) is 15.2 Å². The van der Waals surface area contributed by atoms with Crippen LogP contribution in [0.2, 0.25) is 0 Å². The molecule has 0 saturated carbocycles. The van der Waals surface area contributed by atoms with Crippen molar-refractivity contribution in [3.05, 3.63) is 33.3 Å². The van der Waals surface area contributed by atoms with E-state index in [0.717, 1.165) is 16.2 Å². The van der Waals surface area contributed by atoms with Gasteiger partial charge >= 0.3 is 17.9 Å². The Morgan fingerprint density at radius 2 is 2.14 bits per heavy atom. The van der Waals surface area contributed by atoms with Crippen molar-refractivity contribution in [3.63, 3.8) is 0 Å². The van der Waals surface area contributed by atoms with Gasteiger partial charge in [0.1, 0.15) is 29.4 Å². The molecule has 2 amide bonds. The molecule has 0 unspecified atom stereocenters. The average Bonchev–Trinajstić information content (AvgIpc) is 3.45. The van der Waals surface area contributed by atoms with E-state index < -0.39 is 47.7 Å². The Hall–Kier alpha value is -3.57. The molecule has 0 radical (unpaired) electrons. The third kappa shape index (κ3) is 5.31. The number of ether oxygens (including phenoxy) is 1. The van der Waals surface area contributed by atoms with Crippen molar-refractivity contribution in [1.29, 1.82) is 0 Å². The number of cyclic esters (lactones) is 1. The smallest absolute Gasteiger partial charge is 0.352 e. The highest BCUT2D eigenvalue weighted by molar-refractivity contribution is 8.03. The summed E-state index contributed by atoms with van der Waals surface area (Å²) in [5.74, 6) is -4.05. The minimum atomic E-state index is -1.31. The molecule has 17 heteroatoms. The van der Waals surface area contributed by atoms with Crippen molar-refractivity contribution < 1.29 is 43.8 Å². The van der Waals surface area contributed by atoms with E-state index in [9.17, 15) is 29.1 Å². The molecular weight excluding hydrogens is 538 g/mol. The second kappa shape index (κ2) is 10.6. The first-order valence-electron chi connectivity index (χ1n) is 9.99. The summed E-state index contributed by atoms with van der Waals surface area (Å²) in [5, 5.41) is 25.4. The molecule has 1 aromatic heterocycles. The summed E-state index contributed by atoms with van der Waals surface area (Å²) < 4.78 is 4.83. The number of thiazole rings is 1. The largest absolute Gasteiger partial charge is 0.479 e. The van der Waals surface area contributed by atoms with E-state index in [1.807, 2.05) is 0 Å². The van der Waals surface area contributed by atoms with Gasteiger partial charge in [0.25, 0.3) is 11.8 Å². The first-order chi connectivity index (χ1) is 17.2. The van der Waals surface area contributed by atoms with Crippen LogP contribution in [0.4, 0.5) is 5.13 Å². The van der Waals surface area contributed by atoms with Crippen LogP contribution in [0.15, 0.2) is 32.8 Å². The number of oxime groups is 1. The lowest BCUT2D eigenvalue weighted by molar-refractivity contribution is -0.150. The molecule has 14 nitrogen and oxygen atoms in total. The topological polar surface area (TPSA) is 211 Å². The molecule has 5 N–H and O–H groups in total. The maximum atomic E-state index is 12.9. The van der Waals surface area contributed by atoms with Gasteiger partial charge in [-0.2, -0.15) is 0 Å². The molecule has 4 rings (SSSR count). The third-order valence-corrected chi connectivity index (χ3v) is 8.04. The number of carboxylic acids is 2. The number of nitrogens with zero attached hydrogens (tertiary/aromatic N) is 3. The first-order valence-corrected chi connectivity index (χ1v) is 12.9. The standard InChI is InChI=1S/C19H17N5O9S3/c20-19-21-9(6-36-19)12(23-33-3-10(25)26)15(28)22-13-16(29)24-14(18(30)31)7(5-35-17(13)24)4-34-8-1-11(27)32-2-8/h1,6,13,17H,2-5H2,(H2,20,21)(H,22,28)(H,25,26)(H,30,31)/b23-12-/t13-,17-/m1/s1. The van der Waals surface area contributed by atoms with Gasteiger partial charge in [-0.15, -0.1) is 34.9 Å². The number of carbonyl (C=O) groups is 5. The van der Waals surface area contributed by atoms with E-state index in [2.05, 4.69) is 20.3 Å². The molecule has 190 valence electrons. The number of rotatable bonds is 10. The van der Waals surface area contributed by atoms with Crippen molar-refractivity contribution in [2.75, 3.05) is 30.5 Å². The maximum Gasteiger partial charge on any atom is 0.352 e. The van der Waals surface area contributed by atoms with Gasteiger partial charge < -0.3 is 30.8 Å². The number of β-lactam (4-membered cyclic amide) rings is 1. The number of fused-ring (bicyclic) bond motifs is 1. The number of hydrogen-bond acceptors (Lipinski definition) is 13. The fourth-order valence-electron chi connectivity index (χ4n) is 3.38. The van der Waals surface area contributed by atoms with Gasteiger partial charge in [0.2, 0.25) is 6.61 Å². The molecular formula is C19H17N5O9S3. The highest BCUT2D eigenvalue weighted by atomic mass is 32.2. The molecule has 0 spiro atoms. The van der Waals surface area contributed by atoms with Gasteiger partial charge in [-0.3, -0.25) is 14.5 Å². The first kappa shape index (κ1) is 25.5. The van der Waals surface area contributed by atoms with E-state index >= 15 is 0 Å². The SMILES string of the molecule is Nc1nc(/C(=N/OCC(=O)O)C(=O)N[C@@H]2C(=O)N3C(C(=O)O)=C(CSC4=CC(=O)OC4)CS[C@H]23)cs1. The second-order valence-corrected chi connectivity index (χ2v) is 10.4. The molecule has 0 aliphatic carbocycles. The normalized spacial score (nSPS) is 21.4. The number of amides is 2. The number of hydrogen-bond donors (Lipinski definition) is 4. The summed E-state index contributed by atoms with van der Waals surface area (Å²) in [6.45, 7) is -0.688. The Morgan fingerprint density at radius 3 is 2.75 bits per heavy atom. The highest BCUT2D eigenvalue weighted by Crippen LogP contribution is 2.41. The number of aliphatic carboxylic acids is 2. The maximum absolute atomic E-state index is 12.9. The Bertz CT molecular complexity index is 1240. The Morgan fingerprint density at radius 1 is 1.36 bits per heavy atom. The van der Waals surface area contributed by atoms with Crippen LogP contribution in [0, 0.1) is 0 Å². The number of thioether (sulfide) groups is 2. The number of aromatic nitrogens is 1. The number of carboxylic acid groups (broad SMARTS) is 2. The lowest BCUT2D eigenvalue weighted by atomic mass is 10.0. The predicted octanol–water partition coefficient (Wildman–Crippen LogP) is -0.557. The number of anilines is 1. The van der Waals surface area contributed by atoms with Crippen molar-refractivity contribution in [2.24, 2.45) is 5.16 Å². The molecule has 1 aromatic rings. The predicted molar refractivity (Wildman–Crippen MR) is 128 cm³/mol. The summed E-state index contributed by atoms with van der Waals surface area (Å²) in [7, 11) is 0. The summed E-state index contributed by atoms with van der Waals surface area (Å²) in [6.07, 6.45) is 1.33. The van der Waals surface area contributed by atoms with Crippen molar-refractivity contribution in [3.8, 4) is 0 Å². The minimum absolute atomic E-state index is 0.0226. The van der Waals surface area contributed by atoms with Gasteiger partial charge in [-0.05, 0) is 5.57 Å². The summed E-state index contributed by atoms with van der Waals surface area (Å²) in [6, 6.07) is -1.06. The quantitative estimate of drug-likeness (QED) is 0.124. The van der Waals surface area contributed by atoms with E-state index in [4.69, 9.17) is 15.6 Å². The van der Waals surface area contributed by atoms with Gasteiger partial charge in [-0.1, -0.05) is 5.16 Å². The average molecular weight is 556 g/mol. The monoisotopic (exact) mass is 555 g/mol. The van der Waals surface area contributed by atoms with Crippen LogP contribution in [-0.4, -0.2) is 91.7 Å². The van der Waals surface area contributed by atoms with Crippen LogP contribution in [0.5, 0.6) is 0 Å². The van der Waals surface area contributed by atoms with Crippen LogP contribution in [-0.2, 0) is 33.5 Å². The van der Waals surface area contributed by atoms with Crippen LogP contribution < -0.4 is 11.1 Å². The molecule has 3 aliphatic rings. The number of carbonyl (C=O) groups excluding carboxylic acids is 3. The Kier molecular flexibility index (Phi) is 7.51. The van der Waals surface area contributed by atoms with Crippen LogP contribution in [0.3, 0.4) is 0 Å². The van der Waals surface area contributed by atoms with Gasteiger partial charge in [-0.25, -0.2) is 19.4 Å². The molecule has 36 heavy (non-hydrogen) atoms. The summed E-state index contributed by atoms with van der Waals surface area (Å²) in [5.41, 5.74) is 5.57. The number of nitrogens with one attached hydrogen (secondary N) is 1. The third-order valence-electron chi connectivity index (χ3n) is 4.93. The van der Waals surface area contributed by atoms with E-state index in [-0.39, 0.29) is 40.3 Å². The van der Waals surface area contributed by atoms with Crippen LogP contribution >= 0.6 is 34.9 Å². The lowest BCUT2D eigenvalue weighted by Crippen LogP contribution is -2.71. The fraction of sp³-hybridized carbons (Fsp3) is 0.316. The van der Waals surface area contributed by atoms with Crippen LogP contribution in [0.1, 0.15) is 5.69 Å². The van der Waals surface area contributed by atoms with Crippen LogP contribution in [0.25, 0.3) is 0 Å².